The van der Waals surface area contributed by atoms with E-state index in [-0.39, 0.29) is 16.7 Å². The van der Waals surface area contributed by atoms with Gasteiger partial charge in [-0.1, -0.05) is 11.3 Å². The van der Waals surface area contributed by atoms with E-state index in [0.29, 0.717) is 17.8 Å². The molecule has 5 nitrogen and oxygen atoms in total. The second kappa shape index (κ2) is 4.35. The van der Waals surface area contributed by atoms with Gasteiger partial charge in [-0.15, -0.1) is 0 Å². The third kappa shape index (κ3) is 2.82. The summed E-state index contributed by atoms with van der Waals surface area (Å²) in [6, 6.07) is 2.26. The van der Waals surface area contributed by atoms with E-state index in [1.165, 1.54) is 6.07 Å². The smallest absolute Gasteiger partial charge is 0.306 e. The van der Waals surface area contributed by atoms with Crippen molar-refractivity contribution in [1.82, 2.24) is 4.72 Å². The molecule has 1 aromatic rings. The van der Waals surface area contributed by atoms with Crippen molar-refractivity contribution in [2.45, 2.75) is 10.6 Å². The summed E-state index contributed by atoms with van der Waals surface area (Å²) in [5.41, 5.74) is 0. The van der Waals surface area contributed by atoms with E-state index in [0.717, 1.165) is 6.07 Å². The van der Waals surface area contributed by atoms with Gasteiger partial charge in [0.05, 0.1) is 5.92 Å². The summed E-state index contributed by atoms with van der Waals surface area (Å²) < 4.78 is 38.2. The largest absolute Gasteiger partial charge is 0.481 e. The molecule has 0 saturated heterocycles. The van der Waals surface area contributed by atoms with Crippen LogP contribution in [0.1, 0.15) is 6.42 Å². The third-order valence-electron chi connectivity index (χ3n) is 2.59. The zero-order valence-corrected chi connectivity index (χ0v) is 10.2. The van der Waals surface area contributed by atoms with Gasteiger partial charge in [0.25, 0.3) is 0 Å². The Morgan fingerprint density at radius 2 is 2.29 bits per heavy atom. The van der Waals surface area contributed by atoms with Gasteiger partial charge in [0.15, 0.2) is 5.13 Å². The van der Waals surface area contributed by atoms with Crippen molar-refractivity contribution in [2.24, 2.45) is 11.8 Å². The predicted octanol–water partition coefficient (Wildman–Crippen LogP) is 0.886. The lowest BCUT2D eigenvalue weighted by Gasteiger charge is -2.02. The van der Waals surface area contributed by atoms with Gasteiger partial charge in [-0.2, -0.15) is 4.39 Å². The van der Waals surface area contributed by atoms with Crippen LogP contribution in [0.3, 0.4) is 0 Å². The van der Waals surface area contributed by atoms with Crippen LogP contribution in [-0.4, -0.2) is 26.0 Å². The number of carboxylic acids is 1. The molecule has 2 N–H and O–H groups in total. The Hall–Kier alpha value is -0.990. The van der Waals surface area contributed by atoms with Crippen molar-refractivity contribution in [3.05, 3.63) is 17.3 Å². The minimum absolute atomic E-state index is 0.0822. The van der Waals surface area contributed by atoms with Gasteiger partial charge in [-0.3, -0.25) is 4.79 Å². The van der Waals surface area contributed by atoms with Crippen LogP contribution in [0.4, 0.5) is 4.39 Å². The molecule has 0 aliphatic heterocycles. The number of halogens is 1. The maximum Gasteiger partial charge on any atom is 0.306 e. The number of carboxylic acid groups (broad SMARTS) is 1. The van der Waals surface area contributed by atoms with E-state index in [2.05, 4.69) is 4.72 Å². The molecule has 94 valence electrons. The highest BCUT2D eigenvalue weighted by molar-refractivity contribution is 7.91. The number of hydrogen-bond acceptors (Lipinski definition) is 4. The molecule has 1 aliphatic carbocycles. The van der Waals surface area contributed by atoms with Crippen molar-refractivity contribution < 1.29 is 22.7 Å². The molecule has 0 unspecified atom stereocenters. The second-order valence-corrected chi connectivity index (χ2v) is 6.88. The van der Waals surface area contributed by atoms with Gasteiger partial charge < -0.3 is 5.11 Å². The normalized spacial score (nSPS) is 23.6. The van der Waals surface area contributed by atoms with E-state index in [4.69, 9.17) is 5.11 Å². The first-order chi connectivity index (χ1) is 7.90. The lowest BCUT2D eigenvalue weighted by Crippen LogP contribution is -2.26. The minimum Gasteiger partial charge on any atom is -0.481 e. The topological polar surface area (TPSA) is 83.5 Å². The van der Waals surface area contributed by atoms with E-state index in [9.17, 15) is 17.6 Å². The molecule has 1 saturated carbocycles. The molecule has 0 bridgehead atoms. The number of hydrogen-bond donors (Lipinski definition) is 2. The van der Waals surface area contributed by atoms with Gasteiger partial charge in [-0.25, -0.2) is 13.1 Å². The molecule has 0 aromatic carbocycles. The second-order valence-electron chi connectivity index (χ2n) is 3.85. The van der Waals surface area contributed by atoms with Crippen LogP contribution in [0.25, 0.3) is 0 Å². The van der Waals surface area contributed by atoms with E-state index in [1.54, 1.807) is 0 Å². The van der Waals surface area contributed by atoms with Gasteiger partial charge >= 0.3 is 5.97 Å². The third-order valence-corrected chi connectivity index (χ3v) is 5.38. The molecule has 8 heteroatoms. The van der Waals surface area contributed by atoms with Crippen molar-refractivity contribution in [2.75, 3.05) is 6.54 Å². The Bertz CT molecular complexity index is 539. The average molecular weight is 279 g/mol. The Labute approximate surface area is 101 Å². The van der Waals surface area contributed by atoms with Gasteiger partial charge in [0.2, 0.25) is 10.0 Å². The molecular weight excluding hydrogens is 269 g/mol. The van der Waals surface area contributed by atoms with Gasteiger partial charge in [-0.05, 0) is 24.5 Å². The molecule has 2 rings (SSSR count). The number of thiophene rings is 1. The van der Waals surface area contributed by atoms with Gasteiger partial charge in [0.1, 0.15) is 4.21 Å². The van der Waals surface area contributed by atoms with Crippen LogP contribution in [-0.2, 0) is 14.8 Å². The number of sulfonamides is 1. The number of nitrogens with one attached hydrogen (secondary N) is 1. The monoisotopic (exact) mass is 279 g/mol. The van der Waals surface area contributed by atoms with Crippen LogP contribution >= 0.6 is 11.3 Å². The molecule has 1 fully saturated rings. The molecule has 0 spiro atoms. The van der Waals surface area contributed by atoms with Crippen LogP contribution < -0.4 is 4.72 Å². The Kier molecular flexibility index (Phi) is 3.19. The lowest BCUT2D eigenvalue weighted by atomic mass is 10.3. The summed E-state index contributed by atoms with van der Waals surface area (Å²) >= 11 is 0.540. The van der Waals surface area contributed by atoms with Crippen molar-refractivity contribution in [3.8, 4) is 0 Å². The first-order valence-corrected chi connectivity index (χ1v) is 7.18. The summed E-state index contributed by atoms with van der Waals surface area (Å²) in [6.07, 6.45) is 0.483. The Morgan fingerprint density at radius 3 is 2.76 bits per heavy atom. The summed E-state index contributed by atoms with van der Waals surface area (Å²) in [5.74, 6) is -1.53. The molecule has 0 amide bonds. The fraction of sp³-hybridized carbons (Fsp3) is 0.444. The minimum atomic E-state index is -3.71. The molecule has 1 aliphatic rings. The number of aliphatic carboxylic acids is 1. The highest BCUT2D eigenvalue weighted by Gasteiger charge is 2.43. The van der Waals surface area contributed by atoms with Crippen LogP contribution in [0.15, 0.2) is 16.3 Å². The van der Waals surface area contributed by atoms with Crippen LogP contribution in [0.2, 0.25) is 0 Å². The SMILES string of the molecule is O=C(O)[C@@H]1C[C@H]1CNS(=O)(=O)c1ccc(F)s1. The summed E-state index contributed by atoms with van der Waals surface area (Å²) in [7, 11) is -3.71. The van der Waals surface area contributed by atoms with Crippen molar-refractivity contribution in [1.29, 1.82) is 0 Å². The quantitative estimate of drug-likeness (QED) is 0.838. The summed E-state index contributed by atoms with van der Waals surface area (Å²) in [6.45, 7) is 0.0822. The molecule has 17 heavy (non-hydrogen) atoms. The molecule has 1 aromatic heterocycles. The maximum absolute atomic E-state index is 12.7. The zero-order chi connectivity index (χ0) is 12.6. The van der Waals surface area contributed by atoms with E-state index < -0.39 is 27.0 Å². The molecular formula is C9H10FNO4S2. The molecule has 1 heterocycles. The van der Waals surface area contributed by atoms with Crippen LogP contribution in [0, 0.1) is 17.0 Å². The van der Waals surface area contributed by atoms with E-state index >= 15 is 0 Å². The fourth-order valence-corrected chi connectivity index (χ4v) is 3.65. The maximum atomic E-state index is 12.7. The fourth-order valence-electron chi connectivity index (χ4n) is 1.51. The predicted molar refractivity (Wildman–Crippen MR) is 58.7 cm³/mol. The Morgan fingerprint density at radius 1 is 1.59 bits per heavy atom. The van der Waals surface area contributed by atoms with Crippen LogP contribution in [0.5, 0.6) is 0 Å². The number of rotatable bonds is 5. The highest BCUT2D eigenvalue weighted by Crippen LogP contribution is 2.38. The highest BCUT2D eigenvalue weighted by atomic mass is 32.2. The molecule has 2 atom stereocenters. The van der Waals surface area contributed by atoms with E-state index in [1.807, 2.05) is 0 Å². The molecule has 0 radical (unpaired) electrons. The number of carbonyl (C=O) groups is 1. The first kappa shape index (κ1) is 12.5. The zero-order valence-electron chi connectivity index (χ0n) is 8.59. The van der Waals surface area contributed by atoms with Crippen molar-refractivity contribution in [3.63, 3.8) is 0 Å². The lowest BCUT2D eigenvalue weighted by molar-refractivity contribution is -0.138. The first-order valence-electron chi connectivity index (χ1n) is 4.88. The van der Waals surface area contributed by atoms with Gasteiger partial charge in [0, 0.05) is 6.54 Å². The van der Waals surface area contributed by atoms with Crippen molar-refractivity contribution >= 4 is 27.3 Å². The Balaban J connectivity index is 1.93. The average Bonchev–Trinajstić information content (AvgIpc) is 2.90. The summed E-state index contributed by atoms with van der Waals surface area (Å²) in [4.78, 5) is 10.5. The standard InChI is InChI=1S/C9H10FNO4S2/c10-7-1-2-8(16-7)17(14,15)11-4-5-3-6(5)9(12)13/h1-2,5-6,11H,3-4H2,(H,12,13)/t5-,6+/m0/s1. The summed E-state index contributed by atoms with van der Waals surface area (Å²) in [5, 5.41) is 8.08.